The molecular weight excluding hydrogens is 202 g/mol. The quantitative estimate of drug-likeness (QED) is 0.699. The van der Waals surface area contributed by atoms with Crippen LogP contribution in [0.2, 0.25) is 0 Å². The summed E-state index contributed by atoms with van der Waals surface area (Å²) in [5, 5.41) is 12.1. The van der Waals surface area contributed by atoms with E-state index >= 15 is 0 Å². The second-order valence-corrected chi connectivity index (χ2v) is 4.36. The van der Waals surface area contributed by atoms with Crippen LogP contribution in [0.4, 0.5) is 0 Å². The van der Waals surface area contributed by atoms with E-state index in [9.17, 15) is 4.79 Å². The van der Waals surface area contributed by atoms with Gasteiger partial charge in [-0.1, -0.05) is 32.4 Å². The van der Waals surface area contributed by atoms with Crippen LogP contribution in [-0.2, 0) is 4.79 Å². The van der Waals surface area contributed by atoms with E-state index in [1.807, 2.05) is 39.2 Å². The van der Waals surface area contributed by atoms with Crippen LogP contribution in [0, 0.1) is 11.8 Å². The molecule has 0 rings (SSSR count). The molecule has 0 aliphatic carbocycles. The van der Waals surface area contributed by atoms with Crippen LogP contribution in [0.3, 0.4) is 0 Å². The zero-order chi connectivity index (χ0) is 12.6. The Morgan fingerprint density at radius 3 is 2.50 bits per heavy atom. The predicted octanol–water partition coefficient (Wildman–Crippen LogP) is 3.15. The van der Waals surface area contributed by atoms with Gasteiger partial charge < -0.3 is 10.4 Å². The maximum Gasteiger partial charge on any atom is 0.307 e. The van der Waals surface area contributed by atoms with E-state index in [-0.39, 0.29) is 11.8 Å². The fourth-order valence-electron chi connectivity index (χ4n) is 1.39. The van der Waals surface area contributed by atoms with Crippen LogP contribution < -0.4 is 5.32 Å². The van der Waals surface area contributed by atoms with Crippen molar-refractivity contribution in [3.8, 4) is 0 Å². The Morgan fingerprint density at radius 2 is 2.06 bits per heavy atom. The van der Waals surface area contributed by atoms with Crippen LogP contribution in [0.1, 0.15) is 40.5 Å². The number of carboxylic acid groups (broad SMARTS) is 1. The summed E-state index contributed by atoms with van der Waals surface area (Å²) in [6, 6.07) is 0. The number of rotatable bonds is 7. The molecule has 16 heavy (non-hydrogen) atoms. The third-order valence-corrected chi connectivity index (χ3v) is 2.44. The monoisotopic (exact) mass is 225 g/mol. The van der Waals surface area contributed by atoms with Crippen molar-refractivity contribution in [3.63, 3.8) is 0 Å². The number of hydrogen-bond acceptors (Lipinski definition) is 2. The summed E-state index contributed by atoms with van der Waals surface area (Å²) in [5.41, 5.74) is 1.06. The highest BCUT2D eigenvalue weighted by molar-refractivity contribution is 5.70. The van der Waals surface area contributed by atoms with Gasteiger partial charge in [-0.3, -0.25) is 4.79 Å². The van der Waals surface area contributed by atoms with Gasteiger partial charge in [-0.25, -0.2) is 0 Å². The Balaban J connectivity index is 4.23. The smallest absolute Gasteiger partial charge is 0.307 e. The molecule has 1 unspecified atom stereocenters. The second-order valence-electron chi connectivity index (χ2n) is 4.36. The second kappa shape index (κ2) is 7.97. The van der Waals surface area contributed by atoms with Gasteiger partial charge in [0.15, 0.2) is 0 Å². The molecular formula is C13H23NO2. The number of hydrogen-bond donors (Lipinski definition) is 2. The summed E-state index contributed by atoms with van der Waals surface area (Å²) in [6.45, 7) is 7.89. The summed E-state index contributed by atoms with van der Waals surface area (Å²) < 4.78 is 0. The lowest BCUT2D eigenvalue weighted by molar-refractivity contribution is -0.143. The average molecular weight is 225 g/mol. The van der Waals surface area contributed by atoms with Gasteiger partial charge in [0.05, 0.1) is 5.92 Å². The highest BCUT2D eigenvalue weighted by atomic mass is 16.4. The molecule has 0 heterocycles. The van der Waals surface area contributed by atoms with Gasteiger partial charge in [-0.05, 0) is 38.1 Å². The molecule has 3 nitrogen and oxygen atoms in total. The van der Waals surface area contributed by atoms with Gasteiger partial charge in [-0.2, -0.15) is 0 Å². The molecule has 0 bridgehead atoms. The van der Waals surface area contributed by atoms with Crippen molar-refractivity contribution in [2.45, 2.75) is 40.5 Å². The maximum absolute atomic E-state index is 11.0. The minimum absolute atomic E-state index is 0.159. The van der Waals surface area contributed by atoms with Crippen LogP contribution in [0.5, 0.6) is 0 Å². The number of nitrogens with one attached hydrogen (secondary N) is 1. The lowest BCUT2D eigenvalue weighted by Crippen LogP contribution is -2.20. The zero-order valence-corrected chi connectivity index (χ0v) is 10.7. The van der Waals surface area contributed by atoms with Gasteiger partial charge in [0, 0.05) is 0 Å². The highest BCUT2D eigenvalue weighted by Gasteiger charge is 2.21. The van der Waals surface area contributed by atoms with Crippen LogP contribution in [0.25, 0.3) is 0 Å². The highest BCUT2D eigenvalue weighted by Crippen LogP contribution is 2.19. The summed E-state index contributed by atoms with van der Waals surface area (Å²) in [7, 11) is 0. The van der Waals surface area contributed by atoms with Crippen LogP contribution >= 0.6 is 0 Å². The molecule has 0 aromatic rings. The van der Waals surface area contributed by atoms with Crippen LogP contribution in [-0.4, -0.2) is 11.1 Å². The summed E-state index contributed by atoms with van der Waals surface area (Å²) in [5.74, 6) is -0.855. The van der Waals surface area contributed by atoms with E-state index < -0.39 is 5.97 Å². The van der Waals surface area contributed by atoms with Crippen molar-refractivity contribution in [3.05, 3.63) is 24.0 Å². The van der Waals surface area contributed by atoms with E-state index in [0.717, 1.165) is 12.0 Å². The van der Waals surface area contributed by atoms with E-state index in [4.69, 9.17) is 5.11 Å². The Morgan fingerprint density at radius 1 is 1.44 bits per heavy atom. The first-order valence-corrected chi connectivity index (χ1v) is 5.78. The molecule has 0 amide bonds. The largest absolute Gasteiger partial charge is 0.481 e. The van der Waals surface area contributed by atoms with Gasteiger partial charge in [-0.15, -0.1) is 0 Å². The Bertz CT molecular complexity index is 267. The Labute approximate surface area is 98.2 Å². The van der Waals surface area contributed by atoms with Gasteiger partial charge >= 0.3 is 5.97 Å². The SMILES string of the molecule is CC/C=C/N/C=C(\C)CC(C(=O)O)C(C)C. The van der Waals surface area contributed by atoms with E-state index in [2.05, 4.69) is 12.2 Å². The van der Waals surface area contributed by atoms with Crippen molar-refractivity contribution in [1.82, 2.24) is 5.32 Å². The molecule has 0 radical (unpaired) electrons. The first-order valence-electron chi connectivity index (χ1n) is 5.78. The van der Waals surface area contributed by atoms with E-state index in [1.54, 1.807) is 0 Å². The fourth-order valence-corrected chi connectivity index (χ4v) is 1.39. The third kappa shape index (κ3) is 6.27. The minimum Gasteiger partial charge on any atom is -0.481 e. The molecule has 0 saturated heterocycles. The Kier molecular flexibility index (Phi) is 7.34. The van der Waals surface area contributed by atoms with E-state index in [0.29, 0.717) is 6.42 Å². The zero-order valence-electron chi connectivity index (χ0n) is 10.7. The normalized spacial score (nSPS) is 14.4. The van der Waals surface area contributed by atoms with Crippen molar-refractivity contribution >= 4 is 5.97 Å². The molecule has 92 valence electrons. The van der Waals surface area contributed by atoms with Crippen LogP contribution in [0.15, 0.2) is 24.0 Å². The number of allylic oxidation sites excluding steroid dienone is 2. The lowest BCUT2D eigenvalue weighted by Gasteiger charge is -2.16. The Hall–Kier alpha value is -1.25. The molecule has 0 aromatic heterocycles. The number of carboxylic acids is 1. The standard InChI is InChI=1S/C13H23NO2/c1-5-6-7-14-9-11(4)8-12(10(2)3)13(15)16/h6-7,9-10,12,14H,5,8H2,1-4H3,(H,15,16)/b7-6+,11-9+. The topological polar surface area (TPSA) is 49.3 Å². The predicted molar refractivity (Wildman–Crippen MR) is 66.9 cm³/mol. The molecule has 0 fully saturated rings. The fraction of sp³-hybridized carbons (Fsp3) is 0.615. The third-order valence-electron chi connectivity index (χ3n) is 2.44. The summed E-state index contributed by atoms with van der Waals surface area (Å²) in [4.78, 5) is 11.0. The molecule has 0 spiro atoms. The maximum atomic E-state index is 11.0. The van der Waals surface area contributed by atoms with Crippen molar-refractivity contribution in [1.29, 1.82) is 0 Å². The number of carbonyl (C=O) groups is 1. The van der Waals surface area contributed by atoms with Gasteiger partial charge in [0.1, 0.15) is 0 Å². The van der Waals surface area contributed by atoms with Crippen molar-refractivity contribution < 1.29 is 9.90 Å². The average Bonchev–Trinajstić information content (AvgIpc) is 2.20. The first-order chi connectivity index (χ1) is 7.49. The molecule has 1 atom stereocenters. The summed E-state index contributed by atoms with van der Waals surface area (Å²) in [6.07, 6.45) is 7.34. The molecule has 0 aromatic carbocycles. The summed E-state index contributed by atoms with van der Waals surface area (Å²) >= 11 is 0. The van der Waals surface area contributed by atoms with Gasteiger partial charge in [0.25, 0.3) is 0 Å². The minimum atomic E-state index is -0.716. The molecule has 0 aliphatic rings. The molecule has 0 aliphatic heterocycles. The van der Waals surface area contributed by atoms with Crippen molar-refractivity contribution in [2.75, 3.05) is 0 Å². The molecule has 0 saturated carbocycles. The molecule has 3 heteroatoms. The van der Waals surface area contributed by atoms with E-state index in [1.165, 1.54) is 0 Å². The van der Waals surface area contributed by atoms with Crippen molar-refractivity contribution in [2.24, 2.45) is 11.8 Å². The molecule has 2 N–H and O–H groups in total. The lowest BCUT2D eigenvalue weighted by atomic mass is 9.90. The van der Waals surface area contributed by atoms with Gasteiger partial charge in [0.2, 0.25) is 0 Å². The first kappa shape index (κ1) is 14.8. The number of aliphatic carboxylic acids is 1.